The number of dihydropyridines is 1. The van der Waals surface area contributed by atoms with Crippen molar-refractivity contribution in [3.05, 3.63) is 105 Å². The number of halogens is 4. The van der Waals surface area contributed by atoms with Crippen LogP contribution in [0.2, 0.25) is 0 Å². The van der Waals surface area contributed by atoms with E-state index in [-0.39, 0.29) is 36.2 Å². The first-order valence-corrected chi connectivity index (χ1v) is 18.7. The van der Waals surface area contributed by atoms with Crippen LogP contribution >= 0.6 is 11.6 Å². The van der Waals surface area contributed by atoms with Gasteiger partial charge < -0.3 is 40.8 Å². The van der Waals surface area contributed by atoms with E-state index >= 15 is 0 Å². The van der Waals surface area contributed by atoms with E-state index in [9.17, 15) is 18.0 Å². The second-order valence-electron chi connectivity index (χ2n) is 14.0. The fraction of sp³-hybridized carbons (Fsp3) is 0.462. The number of alkyl halides is 3. The van der Waals surface area contributed by atoms with Crippen LogP contribution < -0.4 is 31.3 Å². The molecule has 0 spiro atoms. The number of hydrogen-bond acceptors (Lipinski definition) is 10. The zero-order chi connectivity index (χ0) is 37.9. The lowest BCUT2D eigenvalue weighted by molar-refractivity contribution is -0.137. The zero-order valence-electron chi connectivity index (χ0n) is 30.2. The number of pyridine rings is 2. The van der Waals surface area contributed by atoms with E-state index in [1.165, 1.54) is 7.11 Å². The van der Waals surface area contributed by atoms with Gasteiger partial charge in [0.25, 0.3) is 0 Å². The van der Waals surface area contributed by atoms with Crippen LogP contribution in [0.15, 0.2) is 71.4 Å². The van der Waals surface area contributed by atoms with Crippen molar-refractivity contribution in [2.75, 3.05) is 45.8 Å². The monoisotopic (exact) mass is 767 g/mol. The summed E-state index contributed by atoms with van der Waals surface area (Å²) < 4.78 is 60.9. The minimum atomic E-state index is -4.66. The Balaban J connectivity index is 1.19. The molecule has 3 aromatic rings. The number of carbonyl (C=O) groups excluding carboxylic acids is 1. The maximum Gasteiger partial charge on any atom is 0.419 e. The molecule has 7 rings (SSSR count). The van der Waals surface area contributed by atoms with Gasteiger partial charge in [-0.1, -0.05) is 29.8 Å². The van der Waals surface area contributed by atoms with Crippen LogP contribution in [0.25, 0.3) is 0 Å². The predicted molar refractivity (Wildman–Crippen MR) is 198 cm³/mol. The van der Waals surface area contributed by atoms with Crippen molar-refractivity contribution in [1.82, 2.24) is 31.2 Å². The normalized spacial score (nSPS) is 23.1. The van der Waals surface area contributed by atoms with E-state index in [2.05, 4.69) is 36.6 Å². The fourth-order valence-corrected chi connectivity index (χ4v) is 8.36. The lowest BCUT2D eigenvalue weighted by Crippen LogP contribution is -2.47. The minimum Gasteiger partial charge on any atom is -0.482 e. The Morgan fingerprint density at radius 2 is 1.83 bits per heavy atom. The van der Waals surface area contributed by atoms with Gasteiger partial charge in [-0.3, -0.25) is 9.78 Å². The van der Waals surface area contributed by atoms with Crippen molar-refractivity contribution in [2.24, 2.45) is 0 Å². The van der Waals surface area contributed by atoms with Crippen LogP contribution in [-0.2, 0) is 38.9 Å². The summed E-state index contributed by atoms with van der Waals surface area (Å²) in [6, 6.07) is 10.5. The van der Waals surface area contributed by atoms with Gasteiger partial charge in [-0.05, 0) is 78.6 Å². The molecule has 0 radical (unpaired) electrons. The first-order valence-electron chi connectivity index (χ1n) is 18.3. The molecule has 0 bridgehead atoms. The summed E-state index contributed by atoms with van der Waals surface area (Å²) in [4.78, 5) is 20.3. The van der Waals surface area contributed by atoms with Crippen LogP contribution in [0.4, 0.5) is 19.0 Å². The molecule has 5 heterocycles. The number of rotatable bonds is 13. The summed E-state index contributed by atoms with van der Waals surface area (Å²) in [5, 5.41) is 17.0. The Bertz CT molecular complexity index is 1900. The quantitative estimate of drug-likeness (QED) is 0.151. The maximum absolute atomic E-state index is 14.7. The van der Waals surface area contributed by atoms with Crippen molar-refractivity contribution >= 4 is 23.3 Å². The molecule has 4 aliphatic rings. The number of aromatic nitrogens is 2. The van der Waals surface area contributed by atoms with Crippen LogP contribution in [0.5, 0.6) is 5.88 Å². The summed E-state index contributed by atoms with van der Waals surface area (Å²) in [5.74, 6) is 0.421. The summed E-state index contributed by atoms with van der Waals surface area (Å²) in [5.41, 5.74) is 2.67. The third-order valence-electron chi connectivity index (χ3n) is 10.7. The van der Waals surface area contributed by atoms with Crippen molar-refractivity contribution in [3.8, 4) is 5.88 Å². The van der Waals surface area contributed by atoms with E-state index in [0.29, 0.717) is 62.0 Å². The largest absolute Gasteiger partial charge is 0.482 e. The Labute approximate surface area is 317 Å². The highest BCUT2D eigenvalue weighted by Gasteiger charge is 2.45. The molecule has 3 aliphatic heterocycles. The Kier molecular flexibility index (Phi) is 11.3. The topological polar surface area (TPSA) is 131 Å². The highest BCUT2D eigenvalue weighted by atomic mass is 35.5. The molecule has 3 atom stereocenters. The highest BCUT2D eigenvalue weighted by Crippen LogP contribution is 2.48. The molecule has 0 saturated carbocycles. The van der Waals surface area contributed by atoms with Gasteiger partial charge in [0.05, 0.1) is 30.9 Å². The van der Waals surface area contributed by atoms with Crippen molar-refractivity contribution in [2.45, 2.75) is 74.9 Å². The van der Waals surface area contributed by atoms with Gasteiger partial charge in [0.15, 0.2) is 5.88 Å². The number of carbonyl (C=O) groups is 1. The molecule has 288 valence electrons. The summed E-state index contributed by atoms with van der Waals surface area (Å²) >= 11 is 7.34. The Hall–Kier alpha value is -4.37. The minimum absolute atomic E-state index is 0.0553. The molecule has 11 nitrogen and oxygen atoms in total. The number of methoxy groups -OCH3 is 2. The molecule has 54 heavy (non-hydrogen) atoms. The van der Waals surface area contributed by atoms with Crippen LogP contribution in [-0.4, -0.2) is 68.5 Å². The molecule has 5 N–H and O–H groups in total. The molecular weight excluding hydrogens is 723 g/mol. The SMILES string of the molecule is COC1=C(CNC[C@@H]2CCC(=O)N2)C=C(Cl)C(c2ccncc2)(c2cccc3c2CC[C@@H]3Nc2nc(OC)c(CNC3CCOCC3)cc2C(F)(F)F)N1. The summed E-state index contributed by atoms with van der Waals surface area (Å²) in [6.07, 6.45) is 4.58. The van der Waals surface area contributed by atoms with Gasteiger partial charge in [0.2, 0.25) is 11.8 Å². The molecule has 2 saturated heterocycles. The number of fused-ring (bicyclic) bond motifs is 1. The molecule has 1 aromatic carbocycles. The first kappa shape index (κ1) is 37.9. The fourth-order valence-electron chi connectivity index (χ4n) is 7.97. The maximum atomic E-state index is 14.7. The molecule has 15 heteroatoms. The standard InChI is InChI=1S/C39H45ClF3N7O4/c1-52-36-23(21-46-26-12-16-54-17-13-26)18-31(39(41,42)43)35(49-36)48-32-8-7-28-29(32)4-3-5-30(28)38(25-10-14-44-15-11-25)33(40)19-24(37(50-38)53-2)20-45-22-27-6-9-34(51)47-27/h3-5,10-11,14-15,18-19,26-27,32,45-46,50H,6-9,12-13,16-17,20-22H2,1-2H3,(H,47,51)(H,48,49)/t27-,32-,38?/m0/s1. The van der Waals surface area contributed by atoms with E-state index in [0.717, 1.165) is 53.2 Å². The van der Waals surface area contributed by atoms with Gasteiger partial charge >= 0.3 is 6.18 Å². The lowest BCUT2D eigenvalue weighted by Gasteiger charge is -2.41. The van der Waals surface area contributed by atoms with Gasteiger partial charge in [-0.2, -0.15) is 18.2 Å². The highest BCUT2D eigenvalue weighted by molar-refractivity contribution is 6.31. The van der Waals surface area contributed by atoms with Gasteiger partial charge in [-0.25, -0.2) is 0 Å². The summed E-state index contributed by atoms with van der Waals surface area (Å²) in [6.45, 7) is 2.45. The predicted octanol–water partition coefficient (Wildman–Crippen LogP) is 5.57. The molecule has 1 unspecified atom stereocenters. The molecule has 1 amide bonds. The number of benzene rings is 1. The van der Waals surface area contributed by atoms with Crippen molar-refractivity contribution < 1.29 is 32.2 Å². The van der Waals surface area contributed by atoms with Crippen molar-refractivity contribution in [3.63, 3.8) is 0 Å². The van der Waals surface area contributed by atoms with E-state index in [4.69, 9.17) is 25.8 Å². The van der Waals surface area contributed by atoms with Crippen LogP contribution in [0.3, 0.4) is 0 Å². The number of anilines is 1. The molecule has 2 aromatic heterocycles. The average Bonchev–Trinajstić information content (AvgIpc) is 3.79. The molecule has 2 fully saturated rings. The first-order chi connectivity index (χ1) is 26.1. The number of ether oxygens (including phenoxy) is 3. The number of nitrogens with zero attached hydrogens (tertiary/aromatic N) is 2. The third kappa shape index (κ3) is 7.75. The second kappa shape index (κ2) is 16.2. The van der Waals surface area contributed by atoms with Gasteiger partial charge in [0.1, 0.15) is 11.4 Å². The second-order valence-corrected chi connectivity index (χ2v) is 14.4. The van der Waals surface area contributed by atoms with Crippen molar-refractivity contribution in [1.29, 1.82) is 0 Å². The number of amides is 1. The molecule has 1 aliphatic carbocycles. The van der Waals surface area contributed by atoms with Crippen LogP contribution in [0.1, 0.15) is 71.5 Å². The average molecular weight is 768 g/mol. The van der Waals surface area contributed by atoms with Gasteiger partial charge in [0, 0.05) is 74.9 Å². The molecular formula is C39H45ClF3N7O4. The number of nitrogens with one attached hydrogen (secondary N) is 5. The Morgan fingerprint density at radius 3 is 2.54 bits per heavy atom. The third-order valence-corrected chi connectivity index (χ3v) is 11.1. The van der Waals surface area contributed by atoms with E-state index in [1.807, 2.05) is 36.4 Å². The zero-order valence-corrected chi connectivity index (χ0v) is 31.0. The smallest absolute Gasteiger partial charge is 0.419 e. The lowest BCUT2D eigenvalue weighted by atomic mass is 9.77. The number of hydrogen-bond donors (Lipinski definition) is 5. The van der Waals surface area contributed by atoms with Gasteiger partial charge in [-0.15, -0.1) is 0 Å². The Morgan fingerprint density at radius 1 is 1.04 bits per heavy atom. The van der Waals surface area contributed by atoms with Crippen LogP contribution in [0, 0.1) is 0 Å². The van der Waals surface area contributed by atoms with E-state index < -0.39 is 23.3 Å². The summed E-state index contributed by atoms with van der Waals surface area (Å²) in [7, 11) is 3.01. The van der Waals surface area contributed by atoms with E-state index in [1.54, 1.807) is 19.5 Å².